The second-order valence-corrected chi connectivity index (χ2v) is 5.14. The van der Waals surface area contributed by atoms with Gasteiger partial charge in [0.25, 0.3) is 0 Å². The van der Waals surface area contributed by atoms with E-state index < -0.39 is 6.10 Å². The van der Waals surface area contributed by atoms with Crippen molar-refractivity contribution in [3.05, 3.63) is 10.6 Å². The molecular weight excluding hydrogens is 212 g/mol. The van der Waals surface area contributed by atoms with Crippen LogP contribution in [0.25, 0.3) is 0 Å². The fourth-order valence-corrected chi connectivity index (χ4v) is 3.34. The maximum Gasteiger partial charge on any atom is 0.231 e. The normalized spacial score (nSPS) is 25.0. The second-order valence-electron chi connectivity index (χ2n) is 4.08. The zero-order valence-corrected chi connectivity index (χ0v) is 9.09. The van der Waals surface area contributed by atoms with E-state index in [-0.39, 0.29) is 12.3 Å². The Kier molecular flexibility index (Phi) is 2.03. The Morgan fingerprint density at radius 3 is 3.00 bits per heavy atom. The number of amides is 1. The van der Waals surface area contributed by atoms with E-state index in [2.05, 4.69) is 4.98 Å². The Morgan fingerprint density at radius 1 is 1.47 bits per heavy atom. The van der Waals surface area contributed by atoms with Crippen molar-refractivity contribution in [2.24, 2.45) is 0 Å². The molecule has 1 fully saturated rings. The molecule has 0 spiro atoms. The van der Waals surface area contributed by atoms with Crippen molar-refractivity contribution < 1.29 is 9.90 Å². The molecule has 3 rings (SSSR count). The molecule has 1 unspecified atom stereocenters. The number of β-amino-alcohol motifs (C(OH)–C–C–N with tert-alkyl or cyclic N) is 1. The molecule has 1 aromatic rings. The number of hydrogen-bond donors (Lipinski definition) is 1. The highest BCUT2D eigenvalue weighted by molar-refractivity contribution is 7.16. The summed E-state index contributed by atoms with van der Waals surface area (Å²) in [5.41, 5.74) is 1.16. The number of anilines is 1. The van der Waals surface area contributed by atoms with Gasteiger partial charge in [0, 0.05) is 4.88 Å². The van der Waals surface area contributed by atoms with Crippen molar-refractivity contribution in [1.82, 2.24) is 4.98 Å². The van der Waals surface area contributed by atoms with Gasteiger partial charge in [0.2, 0.25) is 5.91 Å². The molecule has 0 aromatic carbocycles. The van der Waals surface area contributed by atoms with Gasteiger partial charge in [0.1, 0.15) is 0 Å². The predicted octanol–water partition coefficient (Wildman–Crippen LogP) is 0.729. The van der Waals surface area contributed by atoms with E-state index >= 15 is 0 Å². The fraction of sp³-hybridized carbons (Fsp3) is 0.600. The fourth-order valence-electron chi connectivity index (χ4n) is 2.17. The number of hydrogen-bond acceptors (Lipinski definition) is 4. The summed E-state index contributed by atoms with van der Waals surface area (Å²) in [5.74, 6) is -0.00470. The first-order chi connectivity index (χ1) is 7.24. The predicted molar refractivity (Wildman–Crippen MR) is 57.1 cm³/mol. The Hall–Kier alpha value is -0.940. The molecule has 0 bridgehead atoms. The monoisotopic (exact) mass is 224 g/mol. The molecule has 1 aromatic heterocycles. The summed E-state index contributed by atoms with van der Waals surface area (Å²) in [5, 5.41) is 10.2. The van der Waals surface area contributed by atoms with Crippen LogP contribution in [0, 0.1) is 0 Å². The third kappa shape index (κ3) is 1.46. The third-order valence-corrected chi connectivity index (χ3v) is 4.10. The zero-order chi connectivity index (χ0) is 10.4. The van der Waals surface area contributed by atoms with Crippen molar-refractivity contribution in [2.45, 2.75) is 31.8 Å². The van der Waals surface area contributed by atoms with Crippen LogP contribution in [0.4, 0.5) is 5.13 Å². The number of nitrogens with zero attached hydrogens (tertiary/aromatic N) is 2. The van der Waals surface area contributed by atoms with Gasteiger partial charge in [-0.2, -0.15) is 0 Å². The molecule has 0 radical (unpaired) electrons. The van der Waals surface area contributed by atoms with Crippen LogP contribution in [0.15, 0.2) is 0 Å². The summed E-state index contributed by atoms with van der Waals surface area (Å²) in [4.78, 5) is 19.0. The standard InChI is InChI=1S/C10H12N2O2S/c13-6-4-9(14)12(5-6)10-11-7-2-1-3-8(7)15-10/h6,13H,1-5H2. The van der Waals surface area contributed by atoms with Gasteiger partial charge in [-0.25, -0.2) is 4.98 Å². The van der Waals surface area contributed by atoms with Crippen molar-refractivity contribution in [2.75, 3.05) is 11.4 Å². The number of aryl methyl sites for hydroxylation is 2. The summed E-state index contributed by atoms with van der Waals surface area (Å²) < 4.78 is 0. The lowest BCUT2D eigenvalue weighted by molar-refractivity contribution is -0.117. The summed E-state index contributed by atoms with van der Waals surface area (Å²) >= 11 is 1.61. The number of fused-ring (bicyclic) bond motifs is 1. The molecule has 1 amide bonds. The summed E-state index contributed by atoms with van der Waals surface area (Å²) in [6.07, 6.45) is 3.04. The lowest BCUT2D eigenvalue weighted by Gasteiger charge is -2.10. The van der Waals surface area contributed by atoms with Crippen LogP contribution in [0.2, 0.25) is 0 Å². The van der Waals surface area contributed by atoms with Crippen molar-refractivity contribution >= 4 is 22.4 Å². The number of rotatable bonds is 1. The minimum absolute atomic E-state index is 0.00470. The van der Waals surface area contributed by atoms with Crippen molar-refractivity contribution in [3.8, 4) is 0 Å². The minimum atomic E-state index is -0.517. The third-order valence-electron chi connectivity index (χ3n) is 2.92. The molecule has 1 saturated heterocycles. The Labute approximate surface area is 91.5 Å². The number of thiazole rings is 1. The van der Waals surface area contributed by atoms with Gasteiger partial charge in [-0.05, 0) is 19.3 Å². The van der Waals surface area contributed by atoms with E-state index in [0.29, 0.717) is 6.54 Å². The molecule has 1 aliphatic heterocycles. The Bertz CT molecular complexity index is 394. The van der Waals surface area contributed by atoms with Gasteiger partial charge >= 0.3 is 0 Å². The average molecular weight is 224 g/mol. The van der Waals surface area contributed by atoms with E-state index in [1.54, 1.807) is 16.2 Å². The molecule has 1 aliphatic carbocycles. The molecule has 2 heterocycles. The molecule has 15 heavy (non-hydrogen) atoms. The number of aliphatic hydroxyl groups is 1. The highest BCUT2D eigenvalue weighted by Gasteiger charge is 2.32. The van der Waals surface area contributed by atoms with Crippen molar-refractivity contribution in [3.63, 3.8) is 0 Å². The molecule has 0 saturated carbocycles. The number of carbonyl (C=O) groups excluding carboxylic acids is 1. The van der Waals surface area contributed by atoms with Crippen LogP contribution in [0.1, 0.15) is 23.4 Å². The van der Waals surface area contributed by atoms with E-state index in [0.717, 1.165) is 23.7 Å². The average Bonchev–Trinajstić information content (AvgIpc) is 2.77. The first-order valence-electron chi connectivity index (χ1n) is 5.21. The van der Waals surface area contributed by atoms with Crippen LogP contribution < -0.4 is 4.90 Å². The molecule has 5 heteroatoms. The largest absolute Gasteiger partial charge is 0.391 e. The van der Waals surface area contributed by atoms with Gasteiger partial charge in [-0.15, -0.1) is 11.3 Å². The Balaban J connectivity index is 1.90. The maximum atomic E-state index is 11.5. The first-order valence-corrected chi connectivity index (χ1v) is 6.02. The first kappa shape index (κ1) is 9.30. The zero-order valence-electron chi connectivity index (χ0n) is 8.27. The van der Waals surface area contributed by atoms with E-state index in [4.69, 9.17) is 0 Å². The van der Waals surface area contributed by atoms with Gasteiger partial charge in [-0.1, -0.05) is 0 Å². The quantitative estimate of drug-likeness (QED) is 0.765. The molecule has 80 valence electrons. The molecule has 4 nitrogen and oxygen atoms in total. The minimum Gasteiger partial charge on any atom is -0.391 e. The van der Waals surface area contributed by atoms with E-state index in [9.17, 15) is 9.90 Å². The highest BCUT2D eigenvalue weighted by atomic mass is 32.1. The van der Waals surface area contributed by atoms with Gasteiger partial charge in [0.15, 0.2) is 5.13 Å². The lowest BCUT2D eigenvalue weighted by Crippen LogP contribution is -2.25. The number of aliphatic hydroxyl groups excluding tert-OH is 1. The summed E-state index contributed by atoms with van der Waals surface area (Å²) in [7, 11) is 0. The topological polar surface area (TPSA) is 53.4 Å². The summed E-state index contributed by atoms with van der Waals surface area (Å²) in [6.45, 7) is 0.408. The smallest absolute Gasteiger partial charge is 0.231 e. The summed E-state index contributed by atoms with van der Waals surface area (Å²) in [6, 6.07) is 0. The Morgan fingerprint density at radius 2 is 2.33 bits per heavy atom. The van der Waals surface area contributed by atoms with Crippen LogP contribution in [0.3, 0.4) is 0 Å². The van der Waals surface area contributed by atoms with Gasteiger partial charge < -0.3 is 5.11 Å². The highest BCUT2D eigenvalue weighted by Crippen LogP contribution is 2.34. The van der Waals surface area contributed by atoms with E-state index in [1.165, 1.54) is 11.3 Å². The number of aromatic nitrogens is 1. The maximum absolute atomic E-state index is 11.5. The molecule has 1 atom stereocenters. The second kappa shape index (κ2) is 3.28. The van der Waals surface area contributed by atoms with Crippen LogP contribution in [-0.4, -0.2) is 28.6 Å². The van der Waals surface area contributed by atoms with Gasteiger partial charge in [0.05, 0.1) is 24.8 Å². The van der Waals surface area contributed by atoms with Crippen LogP contribution in [0.5, 0.6) is 0 Å². The van der Waals surface area contributed by atoms with Crippen LogP contribution in [-0.2, 0) is 17.6 Å². The van der Waals surface area contributed by atoms with E-state index in [1.807, 2.05) is 0 Å². The van der Waals surface area contributed by atoms with Crippen LogP contribution >= 0.6 is 11.3 Å². The molecule has 2 aliphatic rings. The molecular formula is C10H12N2O2S. The number of carbonyl (C=O) groups is 1. The van der Waals surface area contributed by atoms with Crippen molar-refractivity contribution in [1.29, 1.82) is 0 Å². The van der Waals surface area contributed by atoms with Gasteiger partial charge in [-0.3, -0.25) is 9.69 Å². The lowest BCUT2D eigenvalue weighted by atomic mass is 10.3. The molecule has 1 N–H and O–H groups in total. The SMILES string of the molecule is O=C1CC(O)CN1c1nc2c(s1)CCC2.